The number of carboxylic acid groups (broad SMARTS) is 1. The van der Waals surface area contributed by atoms with Crippen LogP contribution in [-0.2, 0) is 46.4 Å². The van der Waals surface area contributed by atoms with Crippen LogP contribution in [0.5, 0.6) is 5.75 Å². The van der Waals surface area contributed by atoms with Crippen LogP contribution < -0.4 is 43.8 Å². The van der Waals surface area contributed by atoms with E-state index in [-0.39, 0.29) is 56.4 Å². The number of carbonyl (C=O) groups excluding carboxylic acids is 6. The number of H-pyrrole nitrogens is 1. The molecule has 14 N–H and O–H groups in total. The van der Waals surface area contributed by atoms with Gasteiger partial charge >= 0.3 is 5.97 Å². The summed E-state index contributed by atoms with van der Waals surface area (Å²) < 4.78 is 0. The molecule has 0 bridgehead atoms. The zero-order chi connectivity index (χ0) is 44.5. The first-order valence-electron chi connectivity index (χ1n) is 20.0. The number of likely N-dealkylation sites (tertiary alicyclic amines) is 1. The van der Waals surface area contributed by atoms with Crippen LogP contribution in [0, 0.1) is 11.8 Å². The summed E-state index contributed by atoms with van der Waals surface area (Å²) >= 11 is 0. The molecule has 1 aromatic heterocycles. The molecule has 21 nitrogen and oxygen atoms in total. The van der Waals surface area contributed by atoms with Crippen molar-refractivity contribution in [3.8, 4) is 5.75 Å². The highest BCUT2D eigenvalue weighted by molar-refractivity contribution is 5.96. The van der Waals surface area contributed by atoms with Gasteiger partial charge in [0.25, 0.3) is 0 Å². The van der Waals surface area contributed by atoms with E-state index in [1.54, 1.807) is 39.8 Å². The molecule has 1 saturated heterocycles. The van der Waals surface area contributed by atoms with Gasteiger partial charge in [-0.25, -0.2) is 9.78 Å². The number of nitrogens with two attached hydrogens (primary N) is 3. The fraction of sp³-hybridized carbons (Fsp3) is 0.564. The van der Waals surface area contributed by atoms with E-state index in [2.05, 4.69) is 41.5 Å². The number of aliphatic carboxylic acids is 1. The summed E-state index contributed by atoms with van der Waals surface area (Å²) in [5.74, 6) is -6.13. The van der Waals surface area contributed by atoms with Crippen LogP contribution in [0.25, 0.3) is 0 Å². The summed E-state index contributed by atoms with van der Waals surface area (Å²) in [7, 11) is 0. The zero-order valence-corrected chi connectivity index (χ0v) is 34.5. The van der Waals surface area contributed by atoms with Gasteiger partial charge in [0, 0.05) is 37.8 Å². The number of nitrogens with one attached hydrogen (secondary N) is 6. The second-order valence-electron chi connectivity index (χ2n) is 15.2. The van der Waals surface area contributed by atoms with Gasteiger partial charge < -0.3 is 63.9 Å². The number of rotatable bonds is 23. The van der Waals surface area contributed by atoms with Crippen molar-refractivity contribution in [1.82, 2.24) is 41.5 Å². The number of hydrogen-bond acceptors (Lipinski definition) is 11. The lowest BCUT2D eigenvalue weighted by Crippen LogP contribution is -2.59. The highest BCUT2D eigenvalue weighted by Crippen LogP contribution is 2.21. The second-order valence-corrected chi connectivity index (χ2v) is 15.2. The molecule has 7 atom stereocenters. The number of aromatic nitrogens is 2. The van der Waals surface area contributed by atoms with Gasteiger partial charge in [-0.15, -0.1) is 0 Å². The standard InChI is InChI=1S/C39H60N12O9/c1-5-22(4)32(38(59)60)50-35(56)29-9-7-15-51(29)37(58)28(17-24-18-43-20-46-24)47-30(53)19-45-34(55)27(16-23-10-12-25(52)13-11-23)48-36(57)31(21(2)3)49-33(54)26(40)8-6-14-44-39(41)42/h10-13,18,20-22,26-29,31-32,52H,5-9,14-17,19,40H2,1-4H3,(H,43,46)(H,45,55)(H,47,53)(H,48,57)(H,49,54)(H,50,56)(H,59,60)(H4,41,42,44)/t22-,26-,27-,28-,29-,31-,32-/m0/s1. The van der Waals surface area contributed by atoms with Gasteiger partial charge in [0.2, 0.25) is 35.4 Å². The molecule has 2 aromatic rings. The zero-order valence-electron chi connectivity index (χ0n) is 34.5. The Morgan fingerprint density at radius 1 is 0.933 bits per heavy atom. The molecular formula is C39H60N12O9. The minimum Gasteiger partial charge on any atom is -0.508 e. The average Bonchev–Trinajstić information content (AvgIpc) is 3.92. The SMILES string of the molecule is CC[C@H](C)[C@H](NC(=O)[C@@H]1CCCN1C(=O)[C@H](Cc1cnc[nH]1)NC(=O)CNC(=O)[C@H](Cc1ccc(O)cc1)NC(=O)[C@@H](NC(=O)[C@@H](N)CCCN=C(N)N)C(C)C)C(=O)O. The molecule has 0 radical (unpaired) electrons. The Kier molecular flexibility index (Phi) is 18.7. The lowest BCUT2D eigenvalue weighted by molar-refractivity contribution is -0.146. The monoisotopic (exact) mass is 840 g/mol. The van der Waals surface area contributed by atoms with Gasteiger partial charge in [-0.3, -0.25) is 33.8 Å². The van der Waals surface area contributed by atoms with E-state index in [0.29, 0.717) is 30.5 Å². The van der Waals surface area contributed by atoms with Crippen LogP contribution in [0.4, 0.5) is 0 Å². The largest absolute Gasteiger partial charge is 0.508 e. The summed E-state index contributed by atoms with van der Waals surface area (Å²) in [5.41, 5.74) is 17.8. The Labute approximate surface area is 348 Å². The molecule has 0 saturated carbocycles. The minimum atomic E-state index is -1.27. The maximum Gasteiger partial charge on any atom is 0.326 e. The lowest BCUT2D eigenvalue weighted by Gasteiger charge is -2.30. The molecule has 60 heavy (non-hydrogen) atoms. The molecule has 1 aromatic carbocycles. The van der Waals surface area contributed by atoms with Crippen molar-refractivity contribution in [1.29, 1.82) is 0 Å². The number of guanidine groups is 1. The van der Waals surface area contributed by atoms with Crippen LogP contribution >= 0.6 is 0 Å². The Hall–Kier alpha value is -6.25. The number of hydrogen-bond donors (Lipinski definition) is 11. The number of aromatic amines is 1. The van der Waals surface area contributed by atoms with Crippen LogP contribution in [0.15, 0.2) is 41.8 Å². The van der Waals surface area contributed by atoms with Gasteiger partial charge in [0.15, 0.2) is 5.96 Å². The van der Waals surface area contributed by atoms with E-state index in [9.17, 15) is 43.8 Å². The van der Waals surface area contributed by atoms with E-state index >= 15 is 0 Å². The minimum absolute atomic E-state index is 0.0201. The van der Waals surface area contributed by atoms with Gasteiger partial charge in [-0.2, -0.15) is 0 Å². The summed E-state index contributed by atoms with van der Waals surface area (Å²) in [6.45, 7) is 6.74. The molecule has 1 fully saturated rings. The quantitative estimate of drug-likeness (QED) is 0.0332. The first-order valence-corrected chi connectivity index (χ1v) is 20.0. The number of aliphatic imine (C=N–C) groups is 1. The normalized spacial score (nSPS) is 16.6. The summed E-state index contributed by atoms with van der Waals surface area (Å²) in [5, 5.41) is 32.6. The molecule has 6 amide bonds. The first kappa shape index (κ1) is 48.1. The van der Waals surface area contributed by atoms with Crippen molar-refractivity contribution in [3.05, 3.63) is 48.0 Å². The molecule has 0 unspecified atom stereocenters. The molecule has 330 valence electrons. The van der Waals surface area contributed by atoms with Crippen molar-refractivity contribution < 1.29 is 43.8 Å². The van der Waals surface area contributed by atoms with E-state index in [1.807, 2.05) is 0 Å². The number of nitrogens with zero attached hydrogens (tertiary/aromatic N) is 3. The molecule has 1 aliphatic heterocycles. The van der Waals surface area contributed by atoms with Gasteiger partial charge in [0.1, 0.15) is 36.0 Å². The topological polar surface area (TPSA) is 342 Å². The molecular weight excluding hydrogens is 781 g/mol. The third kappa shape index (κ3) is 14.8. The van der Waals surface area contributed by atoms with E-state index in [0.717, 1.165) is 0 Å². The van der Waals surface area contributed by atoms with E-state index in [4.69, 9.17) is 17.2 Å². The maximum atomic E-state index is 14.0. The fourth-order valence-corrected chi connectivity index (χ4v) is 6.57. The first-order chi connectivity index (χ1) is 28.4. The number of phenolic OH excluding ortho intramolecular Hbond substituents is 1. The molecule has 1 aliphatic rings. The average molecular weight is 841 g/mol. The van der Waals surface area contributed by atoms with Crippen LogP contribution in [0.3, 0.4) is 0 Å². The van der Waals surface area contributed by atoms with Gasteiger partial charge in [-0.1, -0.05) is 46.2 Å². The van der Waals surface area contributed by atoms with Crippen LogP contribution in [0.1, 0.15) is 71.1 Å². The van der Waals surface area contributed by atoms with Crippen molar-refractivity contribution >= 4 is 47.4 Å². The molecule has 0 aliphatic carbocycles. The molecule has 3 rings (SSSR count). The predicted octanol–water partition coefficient (Wildman–Crippen LogP) is -1.89. The van der Waals surface area contributed by atoms with Crippen molar-refractivity contribution in [2.75, 3.05) is 19.6 Å². The highest BCUT2D eigenvalue weighted by atomic mass is 16.4. The number of benzene rings is 1. The Bertz CT molecular complexity index is 1800. The number of carbonyl (C=O) groups is 7. The predicted molar refractivity (Wildman–Crippen MR) is 219 cm³/mol. The second kappa shape index (κ2) is 23.4. The fourth-order valence-electron chi connectivity index (χ4n) is 6.57. The Morgan fingerprint density at radius 2 is 1.63 bits per heavy atom. The summed E-state index contributed by atoms with van der Waals surface area (Å²) in [6, 6.07) is -0.748. The van der Waals surface area contributed by atoms with Crippen molar-refractivity contribution in [2.45, 2.75) is 109 Å². The van der Waals surface area contributed by atoms with Gasteiger partial charge in [0.05, 0.1) is 18.9 Å². The van der Waals surface area contributed by atoms with Crippen LogP contribution in [-0.4, -0.2) is 128 Å². The smallest absolute Gasteiger partial charge is 0.326 e. The third-order valence-corrected chi connectivity index (χ3v) is 10.2. The number of carboxylic acids is 1. The molecule has 0 spiro atoms. The molecule has 21 heteroatoms. The van der Waals surface area contributed by atoms with E-state index in [1.165, 1.54) is 29.6 Å². The number of aromatic hydroxyl groups is 1. The van der Waals surface area contributed by atoms with Gasteiger partial charge in [-0.05, 0) is 55.2 Å². The summed E-state index contributed by atoms with van der Waals surface area (Å²) in [6.07, 6.45) is 4.65. The van der Waals surface area contributed by atoms with Crippen molar-refractivity contribution in [2.24, 2.45) is 34.0 Å². The van der Waals surface area contributed by atoms with Crippen molar-refractivity contribution in [3.63, 3.8) is 0 Å². The Balaban J connectivity index is 1.74. The summed E-state index contributed by atoms with van der Waals surface area (Å²) in [4.78, 5) is 105. The highest BCUT2D eigenvalue weighted by Gasteiger charge is 2.40. The Morgan fingerprint density at radius 3 is 2.23 bits per heavy atom. The van der Waals surface area contributed by atoms with E-state index < -0.39 is 90.1 Å². The number of phenols is 1. The van der Waals surface area contributed by atoms with Crippen LogP contribution in [0.2, 0.25) is 0 Å². The third-order valence-electron chi connectivity index (χ3n) is 10.2. The number of imidazole rings is 1. The maximum absolute atomic E-state index is 14.0. The number of amides is 6. The molecule has 2 heterocycles. The lowest BCUT2D eigenvalue weighted by atomic mass is 9.98.